The second kappa shape index (κ2) is 13.4. The molecule has 220 valence electrons. The van der Waals surface area contributed by atoms with E-state index in [2.05, 4.69) is 26.3 Å². The van der Waals surface area contributed by atoms with Gasteiger partial charge in [0.25, 0.3) is 0 Å². The lowest BCUT2D eigenvalue weighted by Crippen LogP contribution is -2.10. The van der Waals surface area contributed by atoms with Crippen molar-refractivity contribution in [2.24, 2.45) is 0 Å². The molecule has 0 fully saturated rings. The van der Waals surface area contributed by atoms with E-state index in [9.17, 15) is 19.2 Å². The van der Waals surface area contributed by atoms with Crippen LogP contribution < -0.4 is 18.9 Å². The Bertz CT molecular complexity index is 1620. The summed E-state index contributed by atoms with van der Waals surface area (Å²) in [6.45, 7) is 20.1. The summed E-state index contributed by atoms with van der Waals surface area (Å²) in [7, 11) is 0. The summed E-state index contributed by atoms with van der Waals surface area (Å²) in [5.41, 5.74) is 1.58. The van der Waals surface area contributed by atoms with Crippen molar-refractivity contribution in [3.63, 3.8) is 0 Å². The maximum absolute atomic E-state index is 15.7. The van der Waals surface area contributed by atoms with Crippen molar-refractivity contribution in [3.05, 3.63) is 109 Å². The van der Waals surface area contributed by atoms with Gasteiger partial charge in [-0.3, -0.25) is 0 Å². The maximum atomic E-state index is 15.7. The minimum atomic E-state index is -0.722. The molecule has 0 spiro atoms. The van der Waals surface area contributed by atoms with Crippen molar-refractivity contribution < 1.29 is 42.5 Å². The van der Waals surface area contributed by atoms with E-state index in [0.29, 0.717) is 11.1 Å². The first-order chi connectivity index (χ1) is 20.1. The van der Waals surface area contributed by atoms with E-state index < -0.39 is 29.7 Å². The van der Waals surface area contributed by atoms with Gasteiger partial charge in [0.2, 0.25) is 0 Å². The van der Waals surface area contributed by atoms with E-state index in [1.165, 1.54) is 76.2 Å². The molecule has 0 atom stereocenters. The van der Waals surface area contributed by atoms with Gasteiger partial charge in [0.1, 0.15) is 28.8 Å². The molecule has 0 radical (unpaired) electrons. The number of carbonyl (C=O) groups excluding carboxylic acids is 4. The molecule has 3 aromatic rings. The Labute approximate surface area is 248 Å². The highest BCUT2D eigenvalue weighted by molar-refractivity contribution is 5.91. The van der Waals surface area contributed by atoms with Crippen molar-refractivity contribution in [1.82, 2.24) is 0 Å². The number of esters is 4. The Morgan fingerprint density at radius 1 is 0.488 bits per heavy atom. The summed E-state index contributed by atoms with van der Waals surface area (Å²) in [4.78, 5) is 48.6. The normalized spacial score (nSPS) is 10.3. The van der Waals surface area contributed by atoms with Gasteiger partial charge in [-0.05, 0) is 74.7 Å². The molecule has 43 heavy (non-hydrogen) atoms. The molecular formula is C34H29FO8. The first kappa shape index (κ1) is 32.0. The Hall–Kier alpha value is -5.57. The second-order valence-electron chi connectivity index (χ2n) is 9.76. The van der Waals surface area contributed by atoms with Crippen LogP contribution in [0.2, 0.25) is 0 Å². The number of carbonyl (C=O) groups is 4. The van der Waals surface area contributed by atoms with E-state index in [0.717, 1.165) is 0 Å². The van der Waals surface area contributed by atoms with Crippen LogP contribution in [0, 0.1) is 5.82 Å². The predicted octanol–water partition coefficient (Wildman–Crippen LogP) is 7.09. The summed E-state index contributed by atoms with van der Waals surface area (Å²) in [6.07, 6.45) is 0. The summed E-state index contributed by atoms with van der Waals surface area (Å²) in [6, 6.07) is 12.7. The fraction of sp³-hybridized carbons (Fsp3) is 0.118. The van der Waals surface area contributed by atoms with Crippen LogP contribution >= 0.6 is 0 Å². The molecule has 0 saturated heterocycles. The molecule has 0 N–H and O–H groups in total. The molecule has 0 heterocycles. The van der Waals surface area contributed by atoms with Crippen LogP contribution in [0.5, 0.6) is 23.0 Å². The van der Waals surface area contributed by atoms with Gasteiger partial charge in [0.05, 0.1) is 0 Å². The molecule has 8 nitrogen and oxygen atoms in total. The minimum absolute atomic E-state index is 0.00510. The highest BCUT2D eigenvalue weighted by atomic mass is 19.1. The van der Waals surface area contributed by atoms with Crippen LogP contribution in [0.4, 0.5) is 4.39 Å². The van der Waals surface area contributed by atoms with Crippen LogP contribution in [-0.2, 0) is 19.2 Å². The zero-order chi connectivity index (χ0) is 32.0. The fourth-order valence-corrected chi connectivity index (χ4v) is 3.41. The smallest absolute Gasteiger partial charge is 0.338 e. The third-order valence-electron chi connectivity index (χ3n) is 5.61. The van der Waals surface area contributed by atoms with E-state index in [-0.39, 0.29) is 56.4 Å². The molecule has 0 unspecified atom stereocenters. The van der Waals surface area contributed by atoms with Gasteiger partial charge in [-0.2, -0.15) is 0 Å². The fourth-order valence-electron chi connectivity index (χ4n) is 3.41. The average molecular weight is 585 g/mol. The lowest BCUT2D eigenvalue weighted by atomic mass is 9.99. The Balaban J connectivity index is 2.09. The highest BCUT2D eigenvalue weighted by Crippen LogP contribution is 2.36. The third-order valence-corrected chi connectivity index (χ3v) is 5.61. The zero-order valence-electron chi connectivity index (χ0n) is 24.2. The van der Waals surface area contributed by atoms with E-state index in [1.54, 1.807) is 6.07 Å². The quantitative estimate of drug-likeness (QED) is 0.141. The molecule has 0 aliphatic rings. The molecule has 0 aliphatic carbocycles. The van der Waals surface area contributed by atoms with Gasteiger partial charge >= 0.3 is 23.9 Å². The van der Waals surface area contributed by atoms with Gasteiger partial charge in [-0.15, -0.1) is 0 Å². The molecule has 0 bridgehead atoms. The van der Waals surface area contributed by atoms with Gasteiger partial charge < -0.3 is 18.9 Å². The predicted molar refractivity (Wildman–Crippen MR) is 159 cm³/mol. The third kappa shape index (κ3) is 8.46. The van der Waals surface area contributed by atoms with Crippen LogP contribution in [-0.4, -0.2) is 23.9 Å². The van der Waals surface area contributed by atoms with Crippen LogP contribution in [0.3, 0.4) is 0 Å². The van der Waals surface area contributed by atoms with Crippen molar-refractivity contribution in [2.75, 3.05) is 0 Å². The van der Waals surface area contributed by atoms with Crippen molar-refractivity contribution >= 4 is 23.9 Å². The number of hydrogen-bond acceptors (Lipinski definition) is 8. The number of benzene rings is 3. The first-order valence-corrected chi connectivity index (χ1v) is 12.8. The maximum Gasteiger partial charge on any atom is 0.338 e. The van der Waals surface area contributed by atoms with Gasteiger partial charge in [-0.1, -0.05) is 38.4 Å². The zero-order valence-corrected chi connectivity index (χ0v) is 24.2. The molecule has 0 aromatic heterocycles. The monoisotopic (exact) mass is 584 g/mol. The Morgan fingerprint density at radius 3 is 1.12 bits per heavy atom. The Kier molecular flexibility index (Phi) is 9.95. The summed E-state index contributed by atoms with van der Waals surface area (Å²) in [5.74, 6) is -3.48. The van der Waals surface area contributed by atoms with Crippen molar-refractivity contribution in [2.45, 2.75) is 27.7 Å². The topological polar surface area (TPSA) is 105 Å². The summed E-state index contributed by atoms with van der Waals surface area (Å²) < 4.78 is 36.9. The number of hydrogen-bond donors (Lipinski definition) is 0. The standard InChI is InChI=1S/C34H29FO8/c1-18(2)31(36)40-25-11-23(12-26(16-25)41-32(37)19(3)4)22-9-10-29(30(35)15-22)24-13-27(42-33(38)20(5)6)17-28(14-24)43-34(39)21(7)8/h9-17H,1,3,5,7H2,2,4,6,8H3. The van der Waals surface area contributed by atoms with E-state index in [4.69, 9.17) is 18.9 Å². The number of rotatable bonds is 10. The van der Waals surface area contributed by atoms with E-state index in [1.807, 2.05) is 0 Å². The lowest BCUT2D eigenvalue weighted by Gasteiger charge is -2.13. The van der Waals surface area contributed by atoms with Gasteiger partial charge in [-0.25, -0.2) is 23.6 Å². The second-order valence-corrected chi connectivity index (χ2v) is 9.76. The van der Waals surface area contributed by atoms with Crippen molar-refractivity contribution in [1.29, 1.82) is 0 Å². The molecule has 0 aliphatic heterocycles. The average Bonchev–Trinajstić information content (AvgIpc) is 2.92. The van der Waals surface area contributed by atoms with Crippen LogP contribution in [0.1, 0.15) is 27.7 Å². The Morgan fingerprint density at radius 2 is 0.814 bits per heavy atom. The van der Waals surface area contributed by atoms with Crippen LogP contribution in [0.15, 0.2) is 103 Å². The molecule has 3 rings (SSSR count). The minimum Gasteiger partial charge on any atom is -0.423 e. The van der Waals surface area contributed by atoms with Crippen molar-refractivity contribution in [3.8, 4) is 45.3 Å². The highest BCUT2D eigenvalue weighted by Gasteiger charge is 2.17. The largest absolute Gasteiger partial charge is 0.423 e. The molecular weight excluding hydrogens is 555 g/mol. The number of halogens is 1. The summed E-state index contributed by atoms with van der Waals surface area (Å²) >= 11 is 0. The molecule has 3 aromatic carbocycles. The SMILES string of the molecule is C=C(C)C(=O)Oc1cc(OC(=O)C(=C)C)cc(-c2ccc(-c3cc(OC(=O)C(=C)C)cc(OC(=O)C(=C)C)c3)c(F)c2)c1. The van der Waals surface area contributed by atoms with E-state index >= 15 is 4.39 Å². The summed E-state index contributed by atoms with van der Waals surface area (Å²) in [5, 5.41) is 0. The van der Waals surface area contributed by atoms with Gasteiger partial charge in [0.15, 0.2) is 0 Å². The molecule has 0 amide bonds. The van der Waals surface area contributed by atoms with Gasteiger partial charge in [0, 0.05) is 40.0 Å². The first-order valence-electron chi connectivity index (χ1n) is 12.8. The van der Waals surface area contributed by atoms with Crippen LogP contribution in [0.25, 0.3) is 22.3 Å². The molecule has 9 heteroatoms. The number of ether oxygens (including phenoxy) is 4. The lowest BCUT2D eigenvalue weighted by molar-refractivity contribution is -0.131. The molecule has 0 saturated carbocycles.